The molecule has 0 radical (unpaired) electrons. The van der Waals surface area contributed by atoms with Crippen LogP contribution in [-0.4, -0.2) is 59.4 Å². The van der Waals surface area contributed by atoms with Crippen molar-refractivity contribution >= 4 is 11.6 Å². The van der Waals surface area contributed by atoms with Crippen LogP contribution in [0, 0.1) is 15.9 Å². The minimum absolute atomic E-state index is 0.179. The fourth-order valence-corrected chi connectivity index (χ4v) is 2.84. The monoisotopic (exact) mass is 338 g/mol. The van der Waals surface area contributed by atoms with Crippen LogP contribution in [0.4, 0.5) is 10.1 Å². The number of nitro groups is 1. The van der Waals surface area contributed by atoms with E-state index < -0.39 is 28.4 Å². The molecule has 1 aromatic rings. The van der Waals surface area contributed by atoms with E-state index in [1.807, 2.05) is 14.0 Å². The van der Waals surface area contributed by atoms with Crippen molar-refractivity contribution < 1.29 is 14.1 Å². The van der Waals surface area contributed by atoms with Gasteiger partial charge < -0.3 is 15.5 Å². The highest BCUT2D eigenvalue weighted by Crippen LogP contribution is 2.25. The molecule has 1 aromatic carbocycles. The zero-order valence-electron chi connectivity index (χ0n) is 14.1. The molecule has 1 amide bonds. The van der Waals surface area contributed by atoms with E-state index in [1.165, 1.54) is 6.07 Å². The predicted octanol–water partition coefficient (Wildman–Crippen LogP) is 1.33. The highest BCUT2D eigenvalue weighted by molar-refractivity contribution is 5.83. The number of likely N-dealkylation sites (N-methyl/N-ethyl adjacent to an activating group) is 1. The highest BCUT2D eigenvalue weighted by Gasteiger charge is 2.31. The van der Waals surface area contributed by atoms with Gasteiger partial charge in [0.1, 0.15) is 0 Å². The molecule has 1 fully saturated rings. The van der Waals surface area contributed by atoms with Gasteiger partial charge in [-0.05, 0) is 25.6 Å². The maximum Gasteiger partial charge on any atom is 0.304 e. The van der Waals surface area contributed by atoms with Gasteiger partial charge in [0.15, 0.2) is 0 Å². The number of hydrogen-bond acceptors (Lipinski definition) is 5. The Bertz CT molecular complexity index is 640. The number of nitrogens with two attached hydrogens (primary N) is 1. The van der Waals surface area contributed by atoms with Gasteiger partial charge in [0.2, 0.25) is 11.7 Å². The SMILES string of the molecule is C[C@@H]1CN(C(=O)[C@H](N)[C@@H](C)c2ccc([N+](=O)[O-])c(F)c2)CCN1C. The summed E-state index contributed by atoms with van der Waals surface area (Å²) < 4.78 is 13.8. The van der Waals surface area contributed by atoms with Crippen molar-refractivity contribution in [2.75, 3.05) is 26.7 Å². The molecule has 0 aromatic heterocycles. The molecule has 1 aliphatic heterocycles. The largest absolute Gasteiger partial charge is 0.338 e. The van der Waals surface area contributed by atoms with E-state index in [0.29, 0.717) is 18.7 Å². The zero-order valence-corrected chi connectivity index (χ0v) is 14.1. The molecule has 0 unspecified atom stereocenters. The molecule has 1 saturated heterocycles. The van der Waals surface area contributed by atoms with Crippen LogP contribution < -0.4 is 5.73 Å². The average molecular weight is 338 g/mol. The first-order valence-electron chi connectivity index (χ1n) is 7.90. The van der Waals surface area contributed by atoms with Crippen LogP contribution in [0.3, 0.4) is 0 Å². The van der Waals surface area contributed by atoms with Crippen LogP contribution in [0.5, 0.6) is 0 Å². The summed E-state index contributed by atoms with van der Waals surface area (Å²) in [4.78, 5) is 26.4. The van der Waals surface area contributed by atoms with Crippen molar-refractivity contribution in [2.45, 2.75) is 31.8 Å². The maximum atomic E-state index is 13.8. The quantitative estimate of drug-likeness (QED) is 0.660. The topological polar surface area (TPSA) is 92.7 Å². The Labute approximate surface area is 140 Å². The molecule has 2 rings (SSSR count). The predicted molar refractivity (Wildman–Crippen MR) is 88.1 cm³/mol. The standard InChI is InChI=1S/C16H23FN4O3/c1-10-9-20(7-6-19(10)3)16(22)15(18)11(2)12-4-5-14(21(23)24)13(17)8-12/h4-5,8,10-11,15H,6-7,9,18H2,1-3H3/t10-,11+,15-/m1/s1. The van der Waals surface area contributed by atoms with Crippen LogP contribution in [0.1, 0.15) is 25.3 Å². The molecular formula is C16H23FN4O3. The normalized spacial score (nSPS) is 21.4. The van der Waals surface area contributed by atoms with Crippen LogP contribution in [0.2, 0.25) is 0 Å². The second-order valence-electron chi connectivity index (χ2n) is 6.40. The van der Waals surface area contributed by atoms with E-state index in [1.54, 1.807) is 11.8 Å². The molecular weight excluding hydrogens is 315 g/mol. The molecule has 7 nitrogen and oxygen atoms in total. The number of nitrogens with zero attached hydrogens (tertiary/aromatic N) is 3. The van der Waals surface area contributed by atoms with Crippen molar-refractivity contribution in [3.8, 4) is 0 Å². The molecule has 0 saturated carbocycles. The fraction of sp³-hybridized carbons (Fsp3) is 0.562. The summed E-state index contributed by atoms with van der Waals surface area (Å²) in [6.07, 6.45) is 0. The first-order chi connectivity index (χ1) is 11.2. The van der Waals surface area contributed by atoms with Gasteiger partial charge in [-0.3, -0.25) is 14.9 Å². The molecule has 8 heteroatoms. The molecule has 24 heavy (non-hydrogen) atoms. The molecule has 132 valence electrons. The molecule has 0 spiro atoms. The van der Waals surface area contributed by atoms with Gasteiger partial charge in [0, 0.05) is 37.7 Å². The Balaban J connectivity index is 2.11. The van der Waals surface area contributed by atoms with E-state index in [4.69, 9.17) is 5.73 Å². The summed E-state index contributed by atoms with van der Waals surface area (Å²) in [5.74, 6) is -1.54. The second-order valence-corrected chi connectivity index (χ2v) is 6.40. The van der Waals surface area contributed by atoms with Gasteiger partial charge in [-0.2, -0.15) is 4.39 Å². The Kier molecular flexibility index (Phi) is 5.51. The van der Waals surface area contributed by atoms with Crippen LogP contribution in [0.15, 0.2) is 18.2 Å². The summed E-state index contributed by atoms with van der Waals surface area (Å²) in [5.41, 5.74) is 5.98. The van der Waals surface area contributed by atoms with Crippen molar-refractivity contribution in [1.29, 1.82) is 0 Å². The Morgan fingerprint density at radius 2 is 2.12 bits per heavy atom. The van der Waals surface area contributed by atoms with Gasteiger partial charge >= 0.3 is 5.69 Å². The maximum absolute atomic E-state index is 13.8. The number of carbonyl (C=O) groups is 1. The Morgan fingerprint density at radius 3 is 2.67 bits per heavy atom. The summed E-state index contributed by atoms with van der Waals surface area (Å²) in [5, 5.41) is 10.7. The summed E-state index contributed by atoms with van der Waals surface area (Å²) in [6, 6.07) is 3.08. The molecule has 3 atom stereocenters. The third-order valence-corrected chi connectivity index (χ3v) is 4.79. The third-order valence-electron chi connectivity index (χ3n) is 4.79. The van der Waals surface area contributed by atoms with Gasteiger partial charge in [-0.25, -0.2) is 0 Å². The number of piperazine rings is 1. The molecule has 2 N–H and O–H groups in total. The number of rotatable bonds is 4. The van der Waals surface area contributed by atoms with Crippen LogP contribution >= 0.6 is 0 Å². The summed E-state index contributed by atoms with van der Waals surface area (Å²) in [7, 11) is 2.01. The van der Waals surface area contributed by atoms with E-state index in [-0.39, 0.29) is 11.9 Å². The van der Waals surface area contributed by atoms with Crippen molar-refractivity contribution in [1.82, 2.24) is 9.80 Å². The van der Waals surface area contributed by atoms with E-state index >= 15 is 0 Å². The lowest BCUT2D eigenvalue weighted by atomic mass is 9.92. The molecule has 0 aliphatic carbocycles. The van der Waals surface area contributed by atoms with Gasteiger partial charge in [-0.1, -0.05) is 13.0 Å². The number of halogens is 1. The molecule has 1 heterocycles. The van der Waals surface area contributed by atoms with Crippen LogP contribution in [0.25, 0.3) is 0 Å². The Morgan fingerprint density at radius 1 is 1.46 bits per heavy atom. The first kappa shape index (κ1) is 18.3. The lowest BCUT2D eigenvalue weighted by Gasteiger charge is -2.39. The smallest absolute Gasteiger partial charge is 0.304 e. The van der Waals surface area contributed by atoms with Gasteiger partial charge in [0.05, 0.1) is 11.0 Å². The first-order valence-corrected chi connectivity index (χ1v) is 7.90. The number of carbonyl (C=O) groups excluding carboxylic acids is 1. The van der Waals surface area contributed by atoms with Gasteiger partial charge in [-0.15, -0.1) is 0 Å². The number of nitro benzene ring substituents is 1. The van der Waals surface area contributed by atoms with Crippen molar-refractivity contribution in [2.24, 2.45) is 5.73 Å². The summed E-state index contributed by atoms with van der Waals surface area (Å²) >= 11 is 0. The average Bonchev–Trinajstić information content (AvgIpc) is 2.54. The van der Waals surface area contributed by atoms with Gasteiger partial charge in [0.25, 0.3) is 0 Å². The third kappa shape index (κ3) is 3.70. The molecule has 1 aliphatic rings. The Hall–Kier alpha value is -2.06. The number of amides is 1. The zero-order chi connectivity index (χ0) is 18.0. The van der Waals surface area contributed by atoms with Crippen molar-refractivity contribution in [3.63, 3.8) is 0 Å². The van der Waals surface area contributed by atoms with E-state index in [2.05, 4.69) is 4.90 Å². The molecule has 0 bridgehead atoms. The van der Waals surface area contributed by atoms with Crippen molar-refractivity contribution in [3.05, 3.63) is 39.7 Å². The van der Waals surface area contributed by atoms with E-state index in [9.17, 15) is 19.3 Å². The fourth-order valence-electron chi connectivity index (χ4n) is 2.84. The lowest BCUT2D eigenvalue weighted by Crippen LogP contribution is -2.56. The van der Waals surface area contributed by atoms with E-state index in [0.717, 1.165) is 18.7 Å². The minimum Gasteiger partial charge on any atom is -0.338 e. The highest BCUT2D eigenvalue weighted by atomic mass is 19.1. The number of benzene rings is 1. The minimum atomic E-state index is -0.919. The number of hydrogen-bond donors (Lipinski definition) is 1. The van der Waals surface area contributed by atoms with Crippen LogP contribution in [-0.2, 0) is 4.79 Å². The lowest BCUT2D eigenvalue weighted by molar-refractivity contribution is -0.387. The second kappa shape index (κ2) is 7.23. The summed E-state index contributed by atoms with van der Waals surface area (Å²) in [6.45, 7) is 5.75.